The van der Waals surface area contributed by atoms with Crippen LogP contribution in [-0.2, 0) is 46.5 Å². The van der Waals surface area contributed by atoms with Crippen LogP contribution in [0.25, 0.3) is 10.9 Å². The van der Waals surface area contributed by atoms with Crippen molar-refractivity contribution in [2.45, 2.75) is 138 Å². The smallest absolute Gasteiger partial charge is 0.437 e. The van der Waals surface area contributed by atoms with Crippen LogP contribution < -0.4 is 24.8 Å². The predicted molar refractivity (Wildman–Crippen MR) is 223 cm³/mol. The molecule has 3 aliphatic heterocycles. The largest absolute Gasteiger partial charge is 0.493 e. The Morgan fingerprint density at radius 2 is 1.86 bits per heavy atom. The van der Waals surface area contributed by atoms with Crippen LogP contribution >= 0.6 is 0 Å². The normalized spacial score (nSPS) is 27.4. The van der Waals surface area contributed by atoms with Gasteiger partial charge in [-0.3, -0.25) is 14.4 Å². The second-order valence-corrected chi connectivity index (χ2v) is 20.5. The number of methoxy groups -OCH3 is 1. The van der Waals surface area contributed by atoms with Crippen LogP contribution in [0.15, 0.2) is 30.4 Å². The number of carbonyl (C=O) groups excluding carboxylic acids is 4. The number of amides is 4. The first-order valence-corrected chi connectivity index (χ1v) is 22.8. The summed E-state index contributed by atoms with van der Waals surface area (Å²) in [6, 6.07) is 1.89. The first-order chi connectivity index (χ1) is 29.6. The molecule has 0 unspecified atom stereocenters. The van der Waals surface area contributed by atoms with Crippen molar-refractivity contribution >= 4 is 44.7 Å². The van der Waals surface area contributed by atoms with E-state index < -0.39 is 90.9 Å². The van der Waals surface area contributed by atoms with Gasteiger partial charge in [0.2, 0.25) is 21.8 Å². The van der Waals surface area contributed by atoms with Crippen LogP contribution in [0.5, 0.6) is 11.5 Å². The molecule has 15 nitrogen and oxygen atoms in total. The number of aryl methyl sites for hydroxylation is 1. The number of benzene rings is 1. The number of fused-ring (bicyclic) bond motifs is 5. The number of hydrogen-bond acceptors (Lipinski definition) is 11. The number of aromatic nitrogens is 1. The Hall–Kier alpha value is -5.09. The fourth-order valence-electron chi connectivity index (χ4n) is 8.44. The summed E-state index contributed by atoms with van der Waals surface area (Å²) in [5.74, 6) is 1.77. The minimum atomic E-state index is -4.96. The lowest BCUT2D eigenvalue weighted by atomic mass is 9.75. The third kappa shape index (κ3) is 9.57. The lowest BCUT2D eigenvalue weighted by Gasteiger charge is -2.38. The Bertz CT molecular complexity index is 2370. The molecule has 0 bridgehead atoms. The van der Waals surface area contributed by atoms with Crippen molar-refractivity contribution in [3.05, 3.63) is 41.6 Å². The topological polar surface area (TPSA) is 192 Å². The highest BCUT2D eigenvalue weighted by Gasteiger charge is 2.59. The van der Waals surface area contributed by atoms with Gasteiger partial charge < -0.3 is 34.5 Å². The fourth-order valence-corrected chi connectivity index (χ4v) is 9.74. The molecule has 1 saturated carbocycles. The molecule has 342 valence electrons. The molecule has 1 aromatic carbocycles. The van der Waals surface area contributed by atoms with Crippen LogP contribution in [0.4, 0.5) is 18.0 Å². The van der Waals surface area contributed by atoms with Gasteiger partial charge in [0.05, 0.1) is 29.3 Å². The van der Waals surface area contributed by atoms with E-state index in [1.165, 1.54) is 24.0 Å². The van der Waals surface area contributed by atoms with E-state index in [1.807, 2.05) is 0 Å². The van der Waals surface area contributed by atoms with Crippen LogP contribution in [0.1, 0.15) is 103 Å². The molecule has 4 heterocycles. The standard InChI is InChI=1S/C44H54F3N5O10S/c1-40(2,3)62-39(56)49-32-13-10-8-6-7-9-12-27-16-19-43(27,38(55)51-63(57,58)41(4)20-21-41)50-36(53)33-25-42(26-52(33)37(32)54)18-17-29-30-24-28(60-23-11-22-59-5)14-15-31(30)48-35(34(29)61-42)44(45,46)47/h9,12,14-15,24,27,32-33H,6-8,10-11,13,17-18,20-23,25-26H2,1-5H3,(H,49,56)(H,50,53)(H,51,55)/b12-9-/t27-,32+,33+,42-,43-/m1/s1. The Labute approximate surface area is 364 Å². The zero-order chi connectivity index (χ0) is 45.6. The van der Waals surface area contributed by atoms with Gasteiger partial charge >= 0.3 is 12.3 Å². The molecule has 1 aromatic heterocycles. The number of hydrogen-bond donors (Lipinski definition) is 3. The van der Waals surface area contributed by atoms with Crippen LogP contribution in [0, 0.1) is 17.8 Å². The van der Waals surface area contributed by atoms with Gasteiger partial charge in [0, 0.05) is 37.5 Å². The number of pyridine rings is 1. The van der Waals surface area contributed by atoms with E-state index >= 15 is 0 Å². The maximum absolute atomic E-state index is 14.9. The van der Waals surface area contributed by atoms with Gasteiger partial charge in [-0.2, -0.15) is 13.2 Å². The summed E-state index contributed by atoms with van der Waals surface area (Å²) in [6.07, 6.45) is 1.00. The zero-order valence-corrected chi connectivity index (χ0v) is 36.9. The number of ether oxygens (including phenoxy) is 4. The van der Waals surface area contributed by atoms with Gasteiger partial charge in [-0.05, 0) is 90.8 Å². The maximum Gasteiger partial charge on any atom is 0.437 e. The van der Waals surface area contributed by atoms with E-state index in [4.69, 9.17) is 18.9 Å². The van der Waals surface area contributed by atoms with E-state index in [-0.39, 0.29) is 43.3 Å². The lowest BCUT2D eigenvalue weighted by molar-refractivity contribution is -0.144. The highest BCUT2D eigenvalue weighted by Crippen LogP contribution is 2.49. The molecule has 63 heavy (non-hydrogen) atoms. The number of nitrogens with zero attached hydrogens (tertiary/aromatic N) is 2. The number of halogens is 3. The maximum atomic E-state index is 14.9. The average Bonchev–Trinajstić information content (AvgIpc) is 3.86. The molecule has 4 amide bonds. The molecular weight excluding hydrogens is 848 g/mol. The number of allylic oxidation sites excluding steroid dienone is 1. The second-order valence-electron chi connectivity index (χ2n) is 18.3. The third-order valence-corrected chi connectivity index (χ3v) is 14.4. The van der Waals surface area contributed by atoms with E-state index in [2.05, 4.69) is 32.2 Å². The lowest BCUT2D eigenvalue weighted by Crippen LogP contribution is -2.68. The summed E-state index contributed by atoms with van der Waals surface area (Å²) in [5.41, 5.74) is -5.55. The fraction of sp³-hybridized carbons (Fsp3) is 0.614. The number of nitrogens with one attached hydrogen (secondary N) is 3. The van der Waals surface area contributed by atoms with Crippen molar-refractivity contribution in [2.75, 3.05) is 26.9 Å². The average molecular weight is 902 g/mol. The van der Waals surface area contributed by atoms with Crippen LogP contribution in [0.2, 0.25) is 0 Å². The van der Waals surface area contributed by atoms with Gasteiger partial charge in [0.25, 0.3) is 5.91 Å². The molecular formula is C44H54F3N5O10S. The molecule has 1 saturated heterocycles. The SMILES string of the molecule is COCCCOc1ccc2nc(C(F)(F)F)c3c(c2c1)CC[C@]1(C[C@H]2C(=O)N[C@]4(C(=O)NS(=O)(=O)C5(C)CC5)C#C[C@H]4/C=C\CCCCC[C@H](NC(=O)OC(C)(C)C)C(=O)N2C1)O3. The summed E-state index contributed by atoms with van der Waals surface area (Å²) in [6.45, 7) is 6.84. The molecule has 5 aliphatic rings. The number of carbonyl (C=O) groups is 4. The highest BCUT2D eigenvalue weighted by molar-refractivity contribution is 7.91. The Balaban J connectivity index is 1.27. The minimum absolute atomic E-state index is 0.0296. The first-order valence-electron chi connectivity index (χ1n) is 21.3. The van der Waals surface area contributed by atoms with Gasteiger partial charge in [0.15, 0.2) is 17.0 Å². The molecule has 7 rings (SSSR count). The Morgan fingerprint density at radius 1 is 1.10 bits per heavy atom. The van der Waals surface area contributed by atoms with Crippen molar-refractivity contribution in [2.24, 2.45) is 5.92 Å². The summed E-state index contributed by atoms with van der Waals surface area (Å²) in [4.78, 5) is 62.1. The minimum Gasteiger partial charge on any atom is -0.493 e. The zero-order valence-electron chi connectivity index (χ0n) is 36.0. The van der Waals surface area contributed by atoms with Crippen molar-refractivity contribution in [1.29, 1.82) is 0 Å². The van der Waals surface area contributed by atoms with Gasteiger partial charge in [-0.1, -0.05) is 36.8 Å². The van der Waals surface area contributed by atoms with E-state index in [0.717, 1.165) is 0 Å². The molecule has 0 radical (unpaired) electrons. The predicted octanol–water partition coefficient (Wildman–Crippen LogP) is 5.23. The summed E-state index contributed by atoms with van der Waals surface area (Å²) in [5, 5.41) is 5.73. The molecule has 3 N–H and O–H groups in total. The van der Waals surface area contributed by atoms with Crippen molar-refractivity contribution in [1.82, 2.24) is 25.2 Å². The third-order valence-electron chi connectivity index (χ3n) is 12.3. The number of alkyl halides is 3. The Kier molecular flexibility index (Phi) is 12.5. The van der Waals surface area contributed by atoms with Crippen molar-refractivity contribution in [3.63, 3.8) is 0 Å². The van der Waals surface area contributed by atoms with Crippen molar-refractivity contribution in [3.8, 4) is 23.3 Å². The summed E-state index contributed by atoms with van der Waals surface area (Å²) >= 11 is 0. The molecule has 5 atom stereocenters. The molecule has 2 fully saturated rings. The number of rotatable bonds is 9. The van der Waals surface area contributed by atoms with Gasteiger partial charge in [-0.25, -0.2) is 22.9 Å². The van der Waals surface area contributed by atoms with Crippen molar-refractivity contribution < 1.29 is 59.7 Å². The summed E-state index contributed by atoms with van der Waals surface area (Å²) < 4.78 is 95.2. The monoisotopic (exact) mass is 901 g/mol. The second kappa shape index (κ2) is 17.1. The highest BCUT2D eigenvalue weighted by atomic mass is 32.2. The van der Waals surface area contributed by atoms with E-state index in [1.54, 1.807) is 46.1 Å². The molecule has 19 heteroatoms. The summed E-state index contributed by atoms with van der Waals surface area (Å²) in [7, 11) is -2.63. The van der Waals surface area contributed by atoms with Gasteiger partial charge in [0.1, 0.15) is 29.0 Å². The molecule has 1 spiro atoms. The van der Waals surface area contributed by atoms with E-state index in [0.29, 0.717) is 69.3 Å². The molecule has 2 aromatic rings. The van der Waals surface area contributed by atoms with Crippen LogP contribution in [0.3, 0.4) is 0 Å². The van der Waals surface area contributed by atoms with Gasteiger partial charge in [-0.15, -0.1) is 0 Å². The quantitative estimate of drug-likeness (QED) is 0.170. The first kappa shape index (κ1) is 45.9. The Morgan fingerprint density at radius 3 is 2.52 bits per heavy atom. The number of sulfonamides is 1. The van der Waals surface area contributed by atoms with E-state index in [9.17, 15) is 40.8 Å². The molecule has 2 aliphatic carbocycles. The van der Waals surface area contributed by atoms with Crippen LogP contribution in [-0.4, -0.2) is 103 Å². The number of alkyl carbamates (subject to hydrolysis) is 1.